The van der Waals surface area contributed by atoms with Gasteiger partial charge >= 0.3 is 0 Å². The summed E-state index contributed by atoms with van der Waals surface area (Å²) in [6.45, 7) is 2.81. The molecule has 2 aromatic heterocycles. The second-order valence-electron chi connectivity index (χ2n) is 3.83. The van der Waals surface area contributed by atoms with Gasteiger partial charge in [-0.15, -0.1) is 0 Å². The van der Waals surface area contributed by atoms with E-state index in [4.69, 9.17) is 5.84 Å². The van der Waals surface area contributed by atoms with Gasteiger partial charge in [0.2, 0.25) is 5.95 Å². The predicted octanol–water partition coefficient (Wildman–Crippen LogP) is 1.77. The van der Waals surface area contributed by atoms with Crippen molar-refractivity contribution in [3.05, 3.63) is 34.2 Å². The largest absolute Gasteiger partial charge is 0.355 e. The Bertz CT molecular complexity index is 483. The summed E-state index contributed by atoms with van der Waals surface area (Å²) < 4.78 is 0. The van der Waals surface area contributed by atoms with E-state index in [2.05, 4.69) is 37.1 Å². The van der Waals surface area contributed by atoms with Crippen molar-refractivity contribution >= 4 is 23.1 Å². The summed E-state index contributed by atoms with van der Waals surface area (Å²) >= 11 is 1.70. The molecule has 0 aliphatic carbocycles. The van der Waals surface area contributed by atoms with Crippen LogP contribution >= 0.6 is 11.3 Å². The number of hydrazine groups is 1. The molecule has 0 saturated heterocycles. The third-order valence-corrected chi connectivity index (χ3v) is 3.17. The molecule has 0 aliphatic rings. The molecule has 0 spiro atoms. The number of nitrogens with one attached hydrogen (secondary N) is 1. The van der Waals surface area contributed by atoms with Gasteiger partial charge < -0.3 is 4.90 Å². The lowest BCUT2D eigenvalue weighted by atomic mass is 10.3. The first-order valence-electron chi connectivity index (χ1n) is 5.23. The minimum absolute atomic E-state index is 0.433. The molecule has 0 saturated carbocycles. The minimum Gasteiger partial charge on any atom is -0.355 e. The van der Waals surface area contributed by atoms with Crippen LogP contribution < -0.4 is 16.2 Å². The Labute approximate surface area is 104 Å². The molecular formula is C11H15N5S. The molecule has 0 amide bonds. The van der Waals surface area contributed by atoms with E-state index in [1.165, 1.54) is 5.56 Å². The van der Waals surface area contributed by atoms with Gasteiger partial charge in [0.05, 0.1) is 0 Å². The van der Waals surface area contributed by atoms with Gasteiger partial charge in [-0.05, 0) is 29.3 Å². The summed E-state index contributed by atoms with van der Waals surface area (Å²) in [6.07, 6.45) is 1.77. The summed E-state index contributed by atoms with van der Waals surface area (Å²) in [5.74, 6) is 6.63. The van der Waals surface area contributed by atoms with E-state index in [1.807, 2.05) is 14.0 Å². The van der Waals surface area contributed by atoms with Gasteiger partial charge in [0.25, 0.3) is 0 Å². The average Bonchev–Trinajstić information content (AvgIpc) is 2.82. The van der Waals surface area contributed by atoms with E-state index in [1.54, 1.807) is 17.5 Å². The molecule has 3 N–H and O–H groups in total. The Morgan fingerprint density at radius 1 is 1.53 bits per heavy atom. The Morgan fingerprint density at radius 2 is 2.35 bits per heavy atom. The van der Waals surface area contributed by atoms with Crippen LogP contribution in [0.15, 0.2) is 23.0 Å². The van der Waals surface area contributed by atoms with Gasteiger partial charge in [-0.2, -0.15) is 16.3 Å². The topological polar surface area (TPSA) is 67.1 Å². The summed E-state index contributed by atoms with van der Waals surface area (Å²) in [5.41, 5.74) is 4.77. The molecular weight excluding hydrogens is 234 g/mol. The maximum atomic E-state index is 5.31. The number of hydrogen-bond donors (Lipinski definition) is 2. The van der Waals surface area contributed by atoms with Gasteiger partial charge in [0, 0.05) is 25.4 Å². The Morgan fingerprint density at radius 3 is 3.00 bits per heavy atom. The van der Waals surface area contributed by atoms with Crippen LogP contribution in [0.2, 0.25) is 0 Å². The molecule has 0 fully saturated rings. The second-order valence-corrected chi connectivity index (χ2v) is 4.61. The maximum Gasteiger partial charge on any atom is 0.239 e. The normalized spacial score (nSPS) is 10.3. The van der Waals surface area contributed by atoms with Crippen molar-refractivity contribution in [1.29, 1.82) is 0 Å². The number of nitrogen functional groups attached to an aromatic ring is 1. The molecule has 0 aliphatic heterocycles. The first kappa shape index (κ1) is 11.8. The van der Waals surface area contributed by atoms with Gasteiger partial charge in [-0.1, -0.05) is 0 Å². The molecule has 0 aromatic carbocycles. The summed E-state index contributed by atoms with van der Waals surface area (Å²) in [6, 6.07) is 2.11. The zero-order valence-electron chi connectivity index (χ0n) is 9.84. The minimum atomic E-state index is 0.433. The number of nitrogens with two attached hydrogens (primary N) is 1. The Balaban J connectivity index is 2.20. The lowest BCUT2D eigenvalue weighted by molar-refractivity contribution is 0.885. The van der Waals surface area contributed by atoms with E-state index < -0.39 is 0 Å². The fourth-order valence-corrected chi connectivity index (χ4v) is 2.28. The molecule has 90 valence electrons. The van der Waals surface area contributed by atoms with Crippen molar-refractivity contribution in [3.8, 4) is 0 Å². The number of aromatic nitrogens is 2. The fourth-order valence-electron chi connectivity index (χ4n) is 1.62. The molecule has 2 heterocycles. The smallest absolute Gasteiger partial charge is 0.239 e. The average molecular weight is 249 g/mol. The van der Waals surface area contributed by atoms with Gasteiger partial charge in [0.1, 0.15) is 5.82 Å². The quantitative estimate of drug-likeness (QED) is 0.638. The Hall–Kier alpha value is -1.66. The first-order chi connectivity index (χ1) is 8.20. The molecule has 0 bridgehead atoms. The fraction of sp³-hybridized carbons (Fsp3) is 0.273. The number of hydrogen-bond acceptors (Lipinski definition) is 6. The number of aryl methyl sites for hydroxylation is 1. The van der Waals surface area contributed by atoms with Crippen LogP contribution in [-0.4, -0.2) is 17.0 Å². The highest BCUT2D eigenvalue weighted by Gasteiger charge is 2.09. The maximum absolute atomic E-state index is 5.31. The number of rotatable bonds is 4. The Kier molecular flexibility index (Phi) is 3.55. The van der Waals surface area contributed by atoms with E-state index in [-0.39, 0.29) is 0 Å². The van der Waals surface area contributed by atoms with Crippen LogP contribution in [0.25, 0.3) is 0 Å². The van der Waals surface area contributed by atoms with Crippen molar-refractivity contribution in [1.82, 2.24) is 9.97 Å². The number of nitrogens with zero attached hydrogens (tertiary/aromatic N) is 3. The standard InChI is InChI=1S/C11H15N5S/c1-8-5-13-11(15-12)14-10(8)16(2)6-9-3-4-17-7-9/h3-5,7H,6,12H2,1-2H3,(H,13,14,15). The predicted molar refractivity (Wildman–Crippen MR) is 71.0 cm³/mol. The molecule has 0 unspecified atom stereocenters. The van der Waals surface area contributed by atoms with Crippen molar-refractivity contribution < 1.29 is 0 Å². The van der Waals surface area contributed by atoms with Gasteiger partial charge in [-0.3, -0.25) is 5.43 Å². The van der Waals surface area contributed by atoms with Gasteiger partial charge in [0.15, 0.2) is 0 Å². The zero-order valence-corrected chi connectivity index (χ0v) is 10.7. The van der Waals surface area contributed by atoms with E-state index in [0.29, 0.717) is 5.95 Å². The van der Waals surface area contributed by atoms with Crippen LogP contribution in [0.3, 0.4) is 0 Å². The monoisotopic (exact) mass is 249 g/mol. The summed E-state index contributed by atoms with van der Waals surface area (Å²) in [7, 11) is 2.01. The van der Waals surface area contributed by atoms with Crippen LogP contribution in [0.1, 0.15) is 11.1 Å². The molecule has 17 heavy (non-hydrogen) atoms. The number of thiophene rings is 1. The molecule has 5 nitrogen and oxygen atoms in total. The summed E-state index contributed by atoms with van der Waals surface area (Å²) in [5, 5.41) is 4.21. The van der Waals surface area contributed by atoms with Gasteiger partial charge in [-0.25, -0.2) is 10.8 Å². The van der Waals surface area contributed by atoms with Crippen molar-refractivity contribution in [3.63, 3.8) is 0 Å². The lowest BCUT2D eigenvalue weighted by Crippen LogP contribution is -2.20. The SMILES string of the molecule is Cc1cnc(NN)nc1N(C)Cc1ccsc1. The van der Waals surface area contributed by atoms with Crippen LogP contribution in [0.4, 0.5) is 11.8 Å². The molecule has 6 heteroatoms. The third-order valence-electron chi connectivity index (χ3n) is 2.44. The van der Waals surface area contributed by atoms with Crippen LogP contribution in [0, 0.1) is 6.92 Å². The highest BCUT2D eigenvalue weighted by atomic mass is 32.1. The second kappa shape index (κ2) is 5.11. The van der Waals surface area contributed by atoms with Crippen LogP contribution in [0.5, 0.6) is 0 Å². The van der Waals surface area contributed by atoms with Crippen molar-refractivity contribution in [2.75, 3.05) is 17.4 Å². The molecule has 2 aromatic rings. The van der Waals surface area contributed by atoms with Crippen molar-refractivity contribution in [2.45, 2.75) is 13.5 Å². The van der Waals surface area contributed by atoms with Crippen LogP contribution in [-0.2, 0) is 6.54 Å². The molecule has 2 rings (SSSR count). The molecule has 0 radical (unpaired) electrons. The highest BCUT2D eigenvalue weighted by molar-refractivity contribution is 7.07. The number of anilines is 2. The van der Waals surface area contributed by atoms with Crippen molar-refractivity contribution in [2.24, 2.45) is 5.84 Å². The van der Waals surface area contributed by atoms with E-state index in [0.717, 1.165) is 17.9 Å². The summed E-state index contributed by atoms with van der Waals surface area (Å²) in [4.78, 5) is 10.5. The van der Waals surface area contributed by atoms with E-state index in [9.17, 15) is 0 Å². The highest BCUT2D eigenvalue weighted by Crippen LogP contribution is 2.19. The first-order valence-corrected chi connectivity index (χ1v) is 6.17. The van der Waals surface area contributed by atoms with E-state index >= 15 is 0 Å². The molecule has 0 atom stereocenters. The zero-order chi connectivity index (χ0) is 12.3. The lowest BCUT2D eigenvalue weighted by Gasteiger charge is -2.19. The third kappa shape index (κ3) is 2.72.